The molecule has 96 valence electrons. The predicted octanol–water partition coefficient (Wildman–Crippen LogP) is 2.92. The molecule has 0 amide bonds. The maximum atomic E-state index is 5.81. The van der Waals surface area contributed by atoms with Crippen LogP contribution in [0.15, 0.2) is 54.7 Å². The molecule has 0 aliphatic carbocycles. The van der Waals surface area contributed by atoms with E-state index < -0.39 is 0 Å². The van der Waals surface area contributed by atoms with Crippen molar-refractivity contribution in [1.29, 1.82) is 0 Å². The molecule has 0 bridgehead atoms. The molecule has 1 atom stereocenters. The average molecular weight is 251 g/mol. The third-order valence-corrected chi connectivity index (χ3v) is 3.22. The van der Waals surface area contributed by atoms with Crippen molar-refractivity contribution < 1.29 is 0 Å². The highest BCUT2D eigenvalue weighted by atomic mass is 15.3. The smallest absolute Gasteiger partial charge is 0.0741 e. The number of nitrogens with zero attached hydrogens (tertiary/aromatic N) is 2. The lowest BCUT2D eigenvalue weighted by Crippen LogP contribution is -2.17. The minimum absolute atomic E-state index is 0.191. The zero-order valence-electron chi connectivity index (χ0n) is 11.0. The van der Waals surface area contributed by atoms with Crippen molar-refractivity contribution in [3.8, 4) is 5.69 Å². The highest BCUT2D eigenvalue weighted by Crippen LogP contribution is 2.18. The number of fused-ring (bicyclic) bond motifs is 1. The first-order chi connectivity index (χ1) is 9.24. The van der Waals surface area contributed by atoms with Gasteiger partial charge in [-0.05, 0) is 37.1 Å². The summed E-state index contributed by atoms with van der Waals surface area (Å²) in [7, 11) is 0. The number of aromatic nitrogens is 2. The van der Waals surface area contributed by atoms with Crippen molar-refractivity contribution >= 4 is 10.9 Å². The van der Waals surface area contributed by atoms with Gasteiger partial charge in [-0.15, -0.1) is 0 Å². The number of rotatable bonds is 3. The Hall–Kier alpha value is -2.13. The Kier molecular flexibility index (Phi) is 3.05. The van der Waals surface area contributed by atoms with Crippen LogP contribution in [0.3, 0.4) is 0 Å². The average Bonchev–Trinajstić information content (AvgIpc) is 2.83. The summed E-state index contributed by atoms with van der Waals surface area (Å²) in [5.41, 5.74) is 9.28. The van der Waals surface area contributed by atoms with Gasteiger partial charge in [0.05, 0.1) is 17.4 Å². The van der Waals surface area contributed by atoms with Gasteiger partial charge in [0.2, 0.25) is 0 Å². The van der Waals surface area contributed by atoms with E-state index in [1.54, 1.807) is 0 Å². The van der Waals surface area contributed by atoms with Gasteiger partial charge in [-0.25, -0.2) is 4.68 Å². The Morgan fingerprint density at radius 2 is 1.84 bits per heavy atom. The summed E-state index contributed by atoms with van der Waals surface area (Å²) in [6.07, 6.45) is 2.80. The summed E-state index contributed by atoms with van der Waals surface area (Å²) in [4.78, 5) is 0. The van der Waals surface area contributed by atoms with Gasteiger partial charge in [0, 0.05) is 11.4 Å². The van der Waals surface area contributed by atoms with Crippen molar-refractivity contribution in [2.45, 2.75) is 19.4 Å². The zero-order chi connectivity index (χ0) is 13.2. The molecule has 2 aromatic carbocycles. The van der Waals surface area contributed by atoms with Gasteiger partial charge in [-0.3, -0.25) is 0 Å². The summed E-state index contributed by atoms with van der Waals surface area (Å²) in [5.74, 6) is 0. The molecular weight excluding hydrogens is 234 g/mol. The third-order valence-electron chi connectivity index (χ3n) is 3.22. The standard InChI is InChI=1S/C16H17N3/c1-12(17)10-13-6-8-15(9-7-13)19-16-5-3-2-4-14(16)11-18-19/h2-9,11-12H,10,17H2,1H3. The van der Waals surface area contributed by atoms with Crippen LogP contribution in [0.25, 0.3) is 16.6 Å². The highest BCUT2D eigenvalue weighted by Gasteiger charge is 2.04. The van der Waals surface area contributed by atoms with E-state index >= 15 is 0 Å². The molecule has 0 radical (unpaired) electrons. The molecule has 0 aliphatic heterocycles. The van der Waals surface area contributed by atoms with E-state index in [9.17, 15) is 0 Å². The number of hydrogen-bond donors (Lipinski definition) is 1. The highest BCUT2D eigenvalue weighted by molar-refractivity contribution is 5.80. The maximum Gasteiger partial charge on any atom is 0.0741 e. The first-order valence-electron chi connectivity index (χ1n) is 6.52. The molecule has 0 aliphatic rings. The SMILES string of the molecule is CC(N)Cc1ccc(-n2ncc3ccccc32)cc1. The van der Waals surface area contributed by atoms with Crippen molar-refractivity contribution in [1.82, 2.24) is 9.78 Å². The zero-order valence-corrected chi connectivity index (χ0v) is 11.0. The molecule has 2 N–H and O–H groups in total. The molecule has 1 heterocycles. The lowest BCUT2D eigenvalue weighted by atomic mass is 10.1. The van der Waals surface area contributed by atoms with Crippen LogP contribution >= 0.6 is 0 Å². The lowest BCUT2D eigenvalue weighted by molar-refractivity contribution is 0.737. The second-order valence-corrected chi connectivity index (χ2v) is 4.96. The Morgan fingerprint density at radius 3 is 2.58 bits per heavy atom. The van der Waals surface area contributed by atoms with Gasteiger partial charge < -0.3 is 5.73 Å². The van der Waals surface area contributed by atoms with Crippen molar-refractivity contribution in [2.75, 3.05) is 0 Å². The summed E-state index contributed by atoms with van der Waals surface area (Å²) in [6.45, 7) is 2.02. The molecule has 0 saturated heterocycles. The van der Waals surface area contributed by atoms with Gasteiger partial charge in [0.15, 0.2) is 0 Å². The second kappa shape index (κ2) is 4.86. The summed E-state index contributed by atoms with van der Waals surface area (Å²) < 4.78 is 1.96. The molecule has 3 heteroatoms. The molecule has 3 aromatic rings. The summed E-state index contributed by atoms with van der Waals surface area (Å²) in [6, 6.07) is 16.8. The fraction of sp³-hybridized carbons (Fsp3) is 0.188. The number of nitrogens with two attached hydrogens (primary N) is 1. The van der Waals surface area contributed by atoms with Crippen molar-refractivity contribution in [3.63, 3.8) is 0 Å². The van der Waals surface area contributed by atoms with Gasteiger partial charge in [0.1, 0.15) is 0 Å². The van der Waals surface area contributed by atoms with E-state index in [1.807, 2.05) is 29.9 Å². The van der Waals surface area contributed by atoms with Gasteiger partial charge >= 0.3 is 0 Å². The molecule has 1 aromatic heterocycles. The fourth-order valence-electron chi connectivity index (χ4n) is 2.32. The number of para-hydroxylation sites is 1. The quantitative estimate of drug-likeness (QED) is 0.777. The maximum absolute atomic E-state index is 5.81. The van der Waals surface area contributed by atoms with Crippen molar-refractivity contribution in [2.24, 2.45) is 5.73 Å². The Balaban J connectivity index is 1.98. The molecule has 1 unspecified atom stereocenters. The van der Waals surface area contributed by atoms with Crippen LogP contribution in [0.2, 0.25) is 0 Å². The molecule has 3 nitrogen and oxygen atoms in total. The van der Waals surface area contributed by atoms with Gasteiger partial charge in [-0.1, -0.05) is 30.3 Å². The molecule has 0 fully saturated rings. The molecular formula is C16H17N3. The topological polar surface area (TPSA) is 43.8 Å². The van der Waals surface area contributed by atoms with Crippen LogP contribution in [-0.2, 0) is 6.42 Å². The Morgan fingerprint density at radius 1 is 1.11 bits per heavy atom. The number of benzene rings is 2. The van der Waals surface area contributed by atoms with E-state index in [0.29, 0.717) is 0 Å². The number of hydrogen-bond acceptors (Lipinski definition) is 2. The van der Waals surface area contributed by atoms with Crippen LogP contribution in [0, 0.1) is 0 Å². The van der Waals surface area contributed by atoms with E-state index in [0.717, 1.165) is 23.0 Å². The molecule has 3 rings (SSSR count). The van der Waals surface area contributed by atoms with E-state index in [-0.39, 0.29) is 6.04 Å². The minimum Gasteiger partial charge on any atom is -0.328 e. The van der Waals surface area contributed by atoms with Crippen LogP contribution < -0.4 is 5.73 Å². The van der Waals surface area contributed by atoms with Gasteiger partial charge in [0.25, 0.3) is 0 Å². The largest absolute Gasteiger partial charge is 0.328 e. The molecule has 19 heavy (non-hydrogen) atoms. The van der Waals surface area contributed by atoms with E-state index in [1.165, 1.54) is 5.56 Å². The first kappa shape index (κ1) is 11.9. The van der Waals surface area contributed by atoms with E-state index in [2.05, 4.69) is 41.5 Å². The molecule has 0 saturated carbocycles. The van der Waals surface area contributed by atoms with Crippen molar-refractivity contribution in [3.05, 3.63) is 60.3 Å². The summed E-state index contributed by atoms with van der Waals surface area (Å²) >= 11 is 0. The normalized spacial score (nSPS) is 12.7. The predicted molar refractivity (Wildman–Crippen MR) is 78.4 cm³/mol. The molecule has 0 spiro atoms. The Labute approximate surface area is 112 Å². The van der Waals surface area contributed by atoms with E-state index in [4.69, 9.17) is 5.73 Å². The second-order valence-electron chi connectivity index (χ2n) is 4.96. The van der Waals surface area contributed by atoms with Crippen LogP contribution in [-0.4, -0.2) is 15.8 Å². The van der Waals surface area contributed by atoms with Crippen LogP contribution in [0.5, 0.6) is 0 Å². The monoisotopic (exact) mass is 251 g/mol. The minimum atomic E-state index is 0.191. The Bertz CT molecular complexity index is 681. The lowest BCUT2D eigenvalue weighted by Gasteiger charge is -2.07. The van der Waals surface area contributed by atoms with Gasteiger partial charge in [-0.2, -0.15) is 5.10 Å². The third kappa shape index (κ3) is 2.37. The fourth-order valence-corrected chi connectivity index (χ4v) is 2.32. The van der Waals surface area contributed by atoms with Crippen LogP contribution in [0.1, 0.15) is 12.5 Å². The van der Waals surface area contributed by atoms with Crippen LogP contribution in [0.4, 0.5) is 0 Å². The summed E-state index contributed by atoms with van der Waals surface area (Å²) in [5, 5.41) is 5.60. The first-order valence-corrected chi connectivity index (χ1v) is 6.52.